The Labute approximate surface area is 74.5 Å². The van der Waals surface area contributed by atoms with Gasteiger partial charge < -0.3 is 5.11 Å². The molecule has 12 heavy (non-hydrogen) atoms. The number of allylic oxidation sites excluding steroid dienone is 2. The lowest BCUT2D eigenvalue weighted by Gasteiger charge is -2.10. The maximum absolute atomic E-state index is 9.14. The standard InChI is InChI=1S/C10H17NO/c1-9(10(2)12)7-5-3-4-6-8-11/h3,5,9-10,12H,4,6-7H2,1-2H3/b5-3+. The monoisotopic (exact) mass is 167 g/mol. The zero-order valence-corrected chi connectivity index (χ0v) is 7.83. The van der Waals surface area contributed by atoms with Crippen molar-refractivity contribution in [3.63, 3.8) is 0 Å². The molecule has 0 aromatic heterocycles. The number of aliphatic hydroxyl groups is 1. The molecule has 1 N–H and O–H groups in total. The van der Waals surface area contributed by atoms with Gasteiger partial charge in [-0.3, -0.25) is 0 Å². The van der Waals surface area contributed by atoms with Gasteiger partial charge in [-0.05, 0) is 25.7 Å². The van der Waals surface area contributed by atoms with Crippen LogP contribution in [0.2, 0.25) is 0 Å². The lowest BCUT2D eigenvalue weighted by Crippen LogP contribution is -2.11. The summed E-state index contributed by atoms with van der Waals surface area (Å²) >= 11 is 0. The fourth-order valence-electron chi connectivity index (χ4n) is 0.774. The zero-order valence-electron chi connectivity index (χ0n) is 7.83. The van der Waals surface area contributed by atoms with E-state index in [-0.39, 0.29) is 6.10 Å². The van der Waals surface area contributed by atoms with Crippen molar-refractivity contribution in [2.45, 2.75) is 39.2 Å². The molecule has 0 saturated carbocycles. The number of nitrogens with zero attached hydrogens (tertiary/aromatic N) is 1. The predicted octanol–water partition coefficient (Wildman–Crippen LogP) is 2.25. The molecule has 0 aromatic rings. The minimum atomic E-state index is -0.245. The molecule has 2 heteroatoms. The lowest BCUT2D eigenvalue weighted by atomic mass is 10.0. The maximum Gasteiger partial charge on any atom is 0.0624 e. The molecule has 0 aliphatic carbocycles. The molecule has 0 aliphatic heterocycles. The lowest BCUT2D eigenvalue weighted by molar-refractivity contribution is 0.136. The highest BCUT2D eigenvalue weighted by atomic mass is 16.3. The average Bonchev–Trinajstić information content (AvgIpc) is 2.03. The summed E-state index contributed by atoms with van der Waals surface area (Å²) in [4.78, 5) is 0. The molecule has 0 radical (unpaired) electrons. The Morgan fingerprint density at radius 2 is 2.08 bits per heavy atom. The van der Waals surface area contributed by atoms with Crippen molar-refractivity contribution >= 4 is 0 Å². The van der Waals surface area contributed by atoms with E-state index in [4.69, 9.17) is 10.4 Å². The summed E-state index contributed by atoms with van der Waals surface area (Å²) < 4.78 is 0. The second-order valence-electron chi connectivity index (χ2n) is 3.12. The van der Waals surface area contributed by atoms with Gasteiger partial charge in [-0.15, -0.1) is 0 Å². The van der Waals surface area contributed by atoms with E-state index in [0.29, 0.717) is 12.3 Å². The van der Waals surface area contributed by atoms with Crippen LogP contribution in [0.5, 0.6) is 0 Å². The predicted molar refractivity (Wildman–Crippen MR) is 49.4 cm³/mol. The molecule has 0 amide bonds. The van der Waals surface area contributed by atoms with Crippen LogP contribution in [0.1, 0.15) is 33.1 Å². The maximum atomic E-state index is 9.14. The van der Waals surface area contributed by atoms with Crippen LogP contribution in [0.4, 0.5) is 0 Å². The first-order valence-corrected chi connectivity index (χ1v) is 4.38. The fourth-order valence-corrected chi connectivity index (χ4v) is 0.774. The van der Waals surface area contributed by atoms with Crippen LogP contribution in [0.3, 0.4) is 0 Å². The van der Waals surface area contributed by atoms with E-state index < -0.39 is 0 Å². The molecule has 2 nitrogen and oxygen atoms in total. The molecule has 0 rings (SSSR count). The highest BCUT2D eigenvalue weighted by molar-refractivity contribution is 4.87. The Morgan fingerprint density at radius 1 is 1.42 bits per heavy atom. The third-order valence-electron chi connectivity index (χ3n) is 1.92. The van der Waals surface area contributed by atoms with Gasteiger partial charge in [-0.2, -0.15) is 5.26 Å². The number of unbranched alkanes of at least 4 members (excludes halogenated alkanes) is 1. The van der Waals surface area contributed by atoms with Crippen molar-refractivity contribution in [2.24, 2.45) is 5.92 Å². The number of hydrogen-bond acceptors (Lipinski definition) is 2. The topological polar surface area (TPSA) is 44.0 Å². The molecule has 2 atom stereocenters. The van der Waals surface area contributed by atoms with Crippen molar-refractivity contribution in [1.82, 2.24) is 0 Å². The number of hydrogen-bond donors (Lipinski definition) is 1. The van der Waals surface area contributed by atoms with Crippen LogP contribution in [-0.2, 0) is 0 Å². The molecule has 68 valence electrons. The van der Waals surface area contributed by atoms with Crippen LogP contribution in [0.25, 0.3) is 0 Å². The summed E-state index contributed by atoms with van der Waals surface area (Å²) in [5.41, 5.74) is 0. The van der Waals surface area contributed by atoms with E-state index in [9.17, 15) is 0 Å². The Hall–Kier alpha value is -0.810. The van der Waals surface area contributed by atoms with Crippen LogP contribution >= 0.6 is 0 Å². The molecule has 0 saturated heterocycles. The number of rotatable bonds is 5. The Morgan fingerprint density at radius 3 is 2.58 bits per heavy atom. The van der Waals surface area contributed by atoms with Gasteiger partial charge in [0.25, 0.3) is 0 Å². The molecule has 2 unspecified atom stereocenters. The highest BCUT2D eigenvalue weighted by Gasteiger charge is 2.04. The first kappa shape index (κ1) is 11.2. The third-order valence-corrected chi connectivity index (χ3v) is 1.92. The molecule has 0 heterocycles. The first-order valence-electron chi connectivity index (χ1n) is 4.38. The number of nitriles is 1. The van der Waals surface area contributed by atoms with E-state index in [1.165, 1.54) is 0 Å². The van der Waals surface area contributed by atoms with Gasteiger partial charge in [-0.25, -0.2) is 0 Å². The van der Waals surface area contributed by atoms with Crippen LogP contribution in [0, 0.1) is 17.2 Å². The molecule has 0 aliphatic rings. The molecular formula is C10H17NO. The van der Waals surface area contributed by atoms with Gasteiger partial charge in [0.2, 0.25) is 0 Å². The molecular weight excluding hydrogens is 150 g/mol. The summed E-state index contributed by atoms with van der Waals surface area (Å²) in [6, 6.07) is 2.08. The van der Waals surface area contributed by atoms with Gasteiger partial charge in [0.15, 0.2) is 0 Å². The molecule has 0 bridgehead atoms. The van der Waals surface area contributed by atoms with E-state index >= 15 is 0 Å². The van der Waals surface area contributed by atoms with Crippen LogP contribution in [0.15, 0.2) is 12.2 Å². The zero-order chi connectivity index (χ0) is 9.40. The summed E-state index contributed by atoms with van der Waals surface area (Å²) in [6.45, 7) is 3.81. The van der Waals surface area contributed by atoms with Crippen molar-refractivity contribution in [3.05, 3.63) is 12.2 Å². The van der Waals surface area contributed by atoms with Gasteiger partial charge in [-0.1, -0.05) is 19.1 Å². The largest absolute Gasteiger partial charge is 0.393 e. The van der Waals surface area contributed by atoms with Gasteiger partial charge >= 0.3 is 0 Å². The van der Waals surface area contributed by atoms with E-state index in [0.717, 1.165) is 12.8 Å². The fraction of sp³-hybridized carbons (Fsp3) is 0.700. The summed E-state index contributed by atoms with van der Waals surface area (Å²) in [7, 11) is 0. The normalized spacial score (nSPS) is 15.8. The van der Waals surface area contributed by atoms with E-state index in [1.807, 2.05) is 19.1 Å². The Bertz CT molecular complexity index is 167. The highest BCUT2D eigenvalue weighted by Crippen LogP contribution is 2.08. The van der Waals surface area contributed by atoms with Crippen LogP contribution in [-0.4, -0.2) is 11.2 Å². The second-order valence-corrected chi connectivity index (χ2v) is 3.12. The van der Waals surface area contributed by atoms with Crippen molar-refractivity contribution < 1.29 is 5.11 Å². The van der Waals surface area contributed by atoms with Crippen LogP contribution < -0.4 is 0 Å². The third kappa shape index (κ3) is 5.94. The first-order chi connectivity index (χ1) is 5.68. The van der Waals surface area contributed by atoms with E-state index in [2.05, 4.69) is 6.07 Å². The second kappa shape index (κ2) is 6.87. The minimum Gasteiger partial charge on any atom is -0.393 e. The Balaban J connectivity index is 3.41. The molecule has 0 fully saturated rings. The number of aliphatic hydroxyl groups excluding tert-OH is 1. The Kier molecular flexibility index (Phi) is 6.41. The van der Waals surface area contributed by atoms with Crippen molar-refractivity contribution in [3.8, 4) is 6.07 Å². The van der Waals surface area contributed by atoms with Crippen molar-refractivity contribution in [1.29, 1.82) is 5.26 Å². The molecule has 0 spiro atoms. The van der Waals surface area contributed by atoms with E-state index in [1.54, 1.807) is 6.92 Å². The van der Waals surface area contributed by atoms with Crippen molar-refractivity contribution in [2.75, 3.05) is 0 Å². The smallest absolute Gasteiger partial charge is 0.0624 e. The minimum absolute atomic E-state index is 0.245. The summed E-state index contributed by atoms with van der Waals surface area (Å²) in [6.07, 6.45) is 6.09. The van der Waals surface area contributed by atoms with Gasteiger partial charge in [0.1, 0.15) is 0 Å². The van der Waals surface area contributed by atoms with Gasteiger partial charge in [0, 0.05) is 6.42 Å². The summed E-state index contributed by atoms with van der Waals surface area (Å²) in [5, 5.41) is 17.4. The quantitative estimate of drug-likeness (QED) is 0.504. The average molecular weight is 167 g/mol. The summed E-state index contributed by atoms with van der Waals surface area (Å²) in [5.74, 6) is 0.309. The van der Waals surface area contributed by atoms with Gasteiger partial charge in [0.05, 0.1) is 12.2 Å². The SMILES string of the molecule is CC(O)C(C)C/C=C/CCC#N. The molecule has 0 aromatic carbocycles.